The summed E-state index contributed by atoms with van der Waals surface area (Å²) in [6, 6.07) is 0. The first-order chi connectivity index (χ1) is 6.39. The Morgan fingerprint density at radius 2 is 1.00 bits per heavy atom. The fraction of sp³-hybridized carbons (Fsp3) is 1.00. The Bertz CT molecular complexity index is 198. The topological polar surface area (TPSA) is 0 Å². The van der Waals surface area contributed by atoms with Crippen molar-refractivity contribution in [2.75, 3.05) is 6.26 Å². The zero-order valence-electron chi connectivity index (χ0n) is 12.6. The van der Waals surface area contributed by atoms with Crippen molar-refractivity contribution in [2.45, 2.75) is 77.6 Å². The zero-order valence-corrected chi connectivity index (χ0v) is 13.4. The summed E-state index contributed by atoms with van der Waals surface area (Å²) in [6.07, 6.45) is 2.55. The average Bonchev–Trinajstić information content (AvgIpc) is 1.99. The molecule has 94 valence electrons. The highest BCUT2D eigenvalue weighted by Gasteiger charge is 2.47. The number of hydrogen-bond donors (Lipinski definition) is 0. The van der Waals surface area contributed by atoms with E-state index in [1.165, 1.54) is 0 Å². The fourth-order valence-electron chi connectivity index (χ4n) is 2.38. The molecule has 0 N–H and O–H groups in total. The molecule has 1 heteroatoms. The lowest BCUT2D eigenvalue weighted by atomic mass is 9.82. The predicted octanol–water partition coefficient (Wildman–Crippen LogP) is 5.06. The van der Waals surface area contributed by atoms with E-state index in [4.69, 9.17) is 0 Å². The van der Waals surface area contributed by atoms with Crippen LogP contribution in [0.2, 0.25) is 0 Å². The summed E-state index contributed by atoms with van der Waals surface area (Å²) in [7, 11) is -0.608. The van der Waals surface area contributed by atoms with Gasteiger partial charge in [0, 0.05) is 0 Å². The van der Waals surface area contributed by atoms with Crippen molar-refractivity contribution in [3.63, 3.8) is 0 Å². The standard InChI is InChI=1S/C14H32S/c1-11(2)15(10,12(3)4)14(8,9)13(5,6)7/h11-12H,1-10H3. The summed E-state index contributed by atoms with van der Waals surface area (Å²) >= 11 is 0. The van der Waals surface area contributed by atoms with Crippen molar-refractivity contribution in [3.05, 3.63) is 0 Å². The number of rotatable bonds is 3. The van der Waals surface area contributed by atoms with Crippen LogP contribution in [0.5, 0.6) is 0 Å². The molecule has 0 rings (SSSR count). The van der Waals surface area contributed by atoms with Crippen molar-refractivity contribution in [1.29, 1.82) is 0 Å². The SMILES string of the molecule is CC(C)S(C)(C(C)C)C(C)(C)C(C)(C)C. The fourth-order valence-corrected chi connectivity index (χ4v) is 7.15. The van der Waals surface area contributed by atoms with Crippen LogP contribution in [0.1, 0.15) is 62.3 Å². The molecule has 0 unspecified atom stereocenters. The molecule has 0 spiro atoms. The maximum absolute atomic E-state index is 2.55. The van der Waals surface area contributed by atoms with Crippen molar-refractivity contribution >= 4 is 10.0 Å². The molecule has 0 aliphatic heterocycles. The van der Waals surface area contributed by atoms with E-state index in [0.29, 0.717) is 10.2 Å². The molecule has 0 atom stereocenters. The minimum atomic E-state index is -0.608. The third kappa shape index (κ3) is 2.38. The molecule has 0 radical (unpaired) electrons. The molecule has 0 aromatic rings. The normalized spacial score (nSPS) is 16.3. The quantitative estimate of drug-likeness (QED) is 0.638. The third-order valence-electron chi connectivity index (χ3n) is 4.86. The summed E-state index contributed by atoms with van der Waals surface area (Å²) in [5.41, 5.74) is 0.381. The molecule has 0 saturated heterocycles. The molecule has 0 heterocycles. The highest BCUT2D eigenvalue weighted by Crippen LogP contribution is 2.68. The van der Waals surface area contributed by atoms with Crippen LogP contribution in [-0.2, 0) is 0 Å². The second-order valence-electron chi connectivity index (χ2n) is 6.91. The molecular weight excluding hydrogens is 200 g/mol. The van der Waals surface area contributed by atoms with E-state index in [1.807, 2.05) is 0 Å². The number of hydrogen-bond acceptors (Lipinski definition) is 0. The maximum Gasteiger partial charge on any atom is -0.000360 e. The van der Waals surface area contributed by atoms with Gasteiger partial charge in [-0.2, -0.15) is 0 Å². The van der Waals surface area contributed by atoms with Crippen LogP contribution in [0, 0.1) is 5.41 Å². The van der Waals surface area contributed by atoms with Crippen molar-refractivity contribution < 1.29 is 0 Å². The molecule has 0 aliphatic carbocycles. The van der Waals surface area contributed by atoms with Gasteiger partial charge in [0.1, 0.15) is 0 Å². The van der Waals surface area contributed by atoms with Crippen LogP contribution in [0.4, 0.5) is 0 Å². The third-order valence-corrected chi connectivity index (χ3v) is 11.6. The van der Waals surface area contributed by atoms with E-state index in [1.54, 1.807) is 0 Å². The molecule has 15 heavy (non-hydrogen) atoms. The van der Waals surface area contributed by atoms with Gasteiger partial charge in [-0.3, -0.25) is 0 Å². The second-order valence-corrected chi connectivity index (χ2v) is 11.9. The molecule has 0 aromatic carbocycles. The van der Waals surface area contributed by atoms with Gasteiger partial charge in [-0.1, -0.05) is 62.3 Å². The molecule has 0 aromatic heterocycles. The lowest BCUT2D eigenvalue weighted by molar-refractivity contribution is 0.312. The predicted molar refractivity (Wildman–Crippen MR) is 77.3 cm³/mol. The van der Waals surface area contributed by atoms with Crippen LogP contribution in [0.15, 0.2) is 0 Å². The van der Waals surface area contributed by atoms with E-state index in [0.717, 1.165) is 10.5 Å². The van der Waals surface area contributed by atoms with Crippen LogP contribution < -0.4 is 0 Å². The van der Waals surface area contributed by atoms with Gasteiger partial charge in [0.05, 0.1) is 0 Å². The van der Waals surface area contributed by atoms with E-state index in [2.05, 4.69) is 68.6 Å². The molecule has 0 bridgehead atoms. The maximum atomic E-state index is 2.55. The lowest BCUT2D eigenvalue weighted by Crippen LogP contribution is -2.47. The van der Waals surface area contributed by atoms with Gasteiger partial charge in [0.15, 0.2) is 0 Å². The Balaban J connectivity index is 5.46. The summed E-state index contributed by atoms with van der Waals surface area (Å²) in [6.45, 7) is 21.7. The van der Waals surface area contributed by atoms with Gasteiger partial charge in [-0.25, -0.2) is 10.0 Å². The molecule has 0 fully saturated rings. The van der Waals surface area contributed by atoms with Gasteiger partial charge in [-0.05, 0) is 26.9 Å². The first kappa shape index (κ1) is 15.3. The Morgan fingerprint density at radius 3 is 1.07 bits per heavy atom. The second kappa shape index (κ2) is 4.31. The largest absolute Gasteiger partial charge is 0.234 e. The summed E-state index contributed by atoms with van der Waals surface area (Å²) < 4.78 is 0.419. The Kier molecular flexibility index (Phi) is 4.41. The van der Waals surface area contributed by atoms with Crippen LogP contribution in [0.25, 0.3) is 0 Å². The monoisotopic (exact) mass is 232 g/mol. The zero-order chi connectivity index (χ0) is 12.7. The van der Waals surface area contributed by atoms with Gasteiger partial charge < -0.3 is 0 Å². The molecule has 0 aliphatic rings. The summed E-state index contributed by atoms with van der Waals surface area (Å²) in [4.78, 5) is 0. The van der Waals surface area contributed by atoms with Gasteiger partial charge in [0.25, 0.3) is 0 Å². The minimum Gasteiger partial charge on any atom is -0.234 e. The minimum absolute atomic E-state index is 0.381. The molecule has 0 nitrogen and oxygen atoms in total. The molecule has 0 saturated carbocycles. The van der Waals surface area contributed by atoms with Crippen LogP contribution in [-0.4, -0.2) is 21.5 Å². The van der Waals surface area contributed by atoms with Gasteiger partial charge in [-0.15, -0.1) is 0 Å². The average molecular weight is 232 g/mol. The van der Waals surface area contributed by atoms with Crippen LogP contribution >= 0.6 is 10.0 Å². The summed E-state index contributed by atoms with van der Waals surface area (Å²) in [5.74, 6) is 0. The Morgan fingerprint density at radius 1 is 0.733 bits per heavy atom. The van der Waals surface area contributed by atoms with Crippen molar-refractivity contribution in [3.8, 4) is 0 Å². The van der Waals surface area contributed by atoms with E-state index in [-0.39, 0.29) is 0 Å². The first-order valence-corrected chi connectivity index (χ1v) is 8.31. The highest BCUT2D eigenvalue weighted by atomic mass is 32.3. The van der Waals surface area contributed by atoms with Crippen molar-refractivity contribution in [1.82, 2.24) is 0 Å². The van der Waals surface area contributed by atoms with E-state index < -0.39 is 10.0 Å². The van der Waals surface area contributed by atoms with E-state index >= 15 is 0 Å². The first-order valence-electron chi connectivity index (χ1n) is 6.14. The molecular formula is C14H32S. The van der Waals surface area contributed by atoms with Crippen LogP contribution in [0.3, 0.4) is 0 Å². The summed E-state index contributed by atoms with van der Waals surface area (Å²) in [5, 5.41) is 1.60. The Labute approximate surface area is 99.5 Å². The molecule has 0 amide bonds. The van der Waals surface area contributed by atoms with Crippen molar-refractivity contribution in [2.24, 2.45) is 5.41 Å². The van der Waals surface area contributed by atoms with E-state index in [9.17, 15) is 0 Å². The smallest absolute Gasteiger partial charge is 0.000360 e. The van der Waals surface area contributed by atoms with Gasteiger partial charge >= 0.3 is 0 Å². The Hall–Kier alpha value is 0.350. The lowest BCUT2D eigenvalue weighted by Gasteiger charge is -2.61. The highest BCUT2D eigenvalue weighted by molar-refractivity contribution is 8.35. The van der Waals surface area contributed by atoms with Gasteiger partial charge in [0.2, 0.25) is 0 Å².